The van der Waals surface area contributed by atoms with Gasteiger partial charge < -0.3 is 9.97 Å². The van der Waals surface area contributed by atoms with E-state index in [2.05, 4.69) is 19.9 Å². The zero-order valence-corrected chi connectivity index (χ0v) is 8.70. The quantitative estimate of drug-likeness (QED) is 0.752. The van der Waals surface area contributed by atoms with Crippen LogP contribution in [-0.4, -0.2) is 19.9 Å². The second-order valence-electron chi connectivity index (χ2n) is 1.52. The van der Waals surface area contributed by atoms with Crippen molar-refractivity contribution in [3.8, 4) is 0 Å². The number of imidazole rings is 2. The molecule has 0 saturated carbocycles. The van der Waals surface area contributed by atoms with E-state index in [1.165, 1.54) is 0 Å². The largest absolute Gasteiger partial charge is 0.351 e. The summed E-state index contributed by atoms with van der Waals surface area (Å²) in [6.45, 7) is 0. The molecular formula is C6H10BrClN4. The molecule has 0 fully saturated rings. The monoisotopic (exact) mass is 252 g/mol. The van der Waals surface area contributed by atoms with Gasteiger partial charge in [0.1, 0.15) is 0 Å². The predicted octanol–water partition coefficient (Wildman–Crippen LogP) is 1.82. The van der Waals surface area contributed by atoms with E-state index in [1.54, 1.807) is 37.4 Å². The van der Waals surface area contributed by atoms with Gasteiger partial charge in [0.25, 0.3) is 0 Å². The van der Waals surface area contributed by atoms with Crippen molar-refractivity contribution in [3.63, 3.8) is 0 Å². The summed E-state index contributed by atoms with van der Waals surface area (Å²) < 4.78 is 0. The fourth-order valence-corrected chi connectivity index (χ4v) is 0.430. The Hall–Kier alpha value is -0.810. The second-order valence-corrected chi connectivity index (χ2v) is 1.52. The van der Waals surface area contributed by atoms with Crippen LogP contribution >= 0.6 is 29.4 Å². The van der Waals surface area contributed by atoms with Gasteiger partial charge in [-0.05, 0) is 0 Å². The molecule has 0 aromatic carbocycles. The normalized spacial score (nSPS) is 6.67. The molecule has 68 valence electrons. The van der Waals surface area contributed by atoms with Crippen LogP contribution in [0.5, 0.6) is 0 Å². The SMILES string of the molecule is Br.Cl.c1c[nH]cn1.c1c[nH]cn1. The molecule has 0 aliphatic heterocycles. The Morgan fingerprint density at radius 2 is 1.25 bits per heavy atom. The standard InChI is InChI=1S/2C3H4N2.BrH.ClH/c2*1-2-5-3-4-1;;/h2*1-3H,(H,4,5);2*1H. The number of H-pyrrole nitrogens is 2. The molecule has 2 heterocycles. The molecule has 4 nitrogen and oxygen atoms in total. The van der Waals surface area contributed by atoms with Crippen LogP contribution in [0.4, 0.5) is 0 Å². The highest BCUT2D eigenvalue weighted by molar-refractivity contribution is 8.93. The minimum Gasteiger partial charge on any atom is -0.351 e. The summed E-state index contributed by atoms with van der Waals surface area (Å²) in [5.74, 6) is 0. The summed E-state index contributed by atoms with van der Waals surface area (Å²) in [5.41, 5.74) is 0. The van der Waals surface area contributed by atoms with Crippen molar-refractivity contribution in [3.05, 3.63) is 37.4 Å². The molecule has 2 aromatic heterocycles. The third kappa shape index (κ3) is 7.30. The number of hydrogen-bond acceptors (Lipinski definition) is 2. The number of rotatable bonds is 0. The lowest BCUT2D eigenvalue weighted by Crippen LogP contribution is -1.44. The highest BCUT2D eigenvalue weighted by Gasteiger charge is 1.56. The third-order valence-corrected chi connectivity index (χ3v) is 0.812. The summed E-state index contributed by atoms with van der Waals surface area (Å²) in [7, 11) is 0. The number of nitrogens with one attached hydrogen (secondary N) is 2. The summed E-state index contributed by atoms with van der Waals surface area (Å²) >= 11 is 0. The van der Waals surface area contributed by atoms with E-state index in [-0.39, 0.29) is 29.4 Å². The van der Waals surface area contributed by atoms with Crippen LogP contribution in [0.1, 0.15) is 0 Å². The Morgan fingerprint density at radius 1 is 0.833 bits per heavy atom. The number of aromatic amines is 2. The van der Waals surface area contributed by atoms with E-state index in [0.717, 1.165) is 0 Å². The minimum atomic E-state index is 0. The fourth-order valence-electron chi connectivity index (χ4n) is 0.430. The van der Waals surface area contributed by atoms with Crippen LogP contribution in [0.2, 0.25) is 0 Å². The molecule has 6 heteroatoms. The summed E-state index contributed by atoms with van der Waals surface area (Å²) in [4.78, 5) is 12.8. The van der Waals surface area contributed by atoms with Gasteiger partial charge in [0.05, 0.1) is 12.7 Å². The maximum atomic E-state index is 3.67. The highest BCUT2D eigenvalue weighted by atomic mass is 79.9. The zero-order valence-electron chi connectivity index (χ0n) is 6.18. The molecular weight excluding hydrogens is 243 g/mol. The molecule has 0 atom stereocenters. The number of hydrogen-bond donors (Lipinski definition) is 2. The van der Waals surface area contributed by atoms with Crippen molar-refractivity contribution in [1.29, 1.82) is 0 Å². The molecule has 0 aliphatic carbocycles. The van der Waals surface area contributed by atoms with Crippen LogP contribution in [0, 0.1) is 0 Å². The zero-order chi connectivity index (χ0) is 7.07. The Morgan fingerprint density at radius 3 is 1.33 bits per heavy atom. The topological polar surface area (TPSA) is 57.4 Å². The first-order valence-electron chi connectivity index (χ1n) is 2.85. The third-order valence-electron chi connectivity index (χ3n) is 0.812. The van der Waals surface area contributed by atoms with E-state index in [0.29, 0.717) is 0 Å². The Kier molecular flexibility index (Phi) is 11.7. The molecule has 2 N–H and O–H groups in total. The fraction of sp³-hybridized carbons (Fsp3) is 0. The first-order valence-corrected chi connectivity index (χ1v) is 2.85. The molecule has 0 amide bonds. The second kappa shape index (κ2) is 10.2. The molecule has 2 rings (SSSR count). The van der Waals surface area contributed by atoms with Gasteiger partial charge in [0.15, 0.2) is 0 Å². The smallest absolute Gasteiger partial charge is 0.0919 e. The molecule has 0 bridgehead atoms. The lowest BCUT2D eigenvalue weighted by molar-refractivity contribution is 1.31. The summed E-state index contributed by atoms with van der Waals surface area (Å²) in [6, 6.07) is 0. The molecule has 12 heavy (non-hydrogen) atoms. The number of nitrogens with zero attached hydrogens (tertiary/aromatic N) is 2. The van der Waals surface area contributed by atoms with E-state index in [1.807, 2.05) is 0 Å². The van der Waals surface area contributed by atoms with Gasteiger partial charge in [-0.2, -0.15) is 0 Å². The van der Waals surface area contributed by atoms with E-state index >= 15 is 0 Å². The molecule has 0 unspecified atom stereocenters. The molecule has 0 spiro atoms. The molecule has 0 aliphatic rings. The average Bonchev–Trinajstić information content (AvgIpc) is 2.67. The minimum absolute atomic E-state index is 0. The molecule has 2 aromatic rings. The van der Waals surface area contributed by atoms with Crippen molar-refractivity contribution in [1.82, 2.24) is 19.9 Å². The van der Waals surface area contributed by atoms with Crippen molar-refractivity contribution >= 4 is 29.4 Å². The van der Waals surface area contributed by atoms with Crippen LogP contribution < -0.4 is 0 Å². The van der Waals surface area contributed by atoms with Crippen LogP contribution in [-0.2, 0) is 0 Å². The van der Waals surface area contributed by atoms with Gasteiger partial charge in [-0.3, -0.25) is 0 Å². The lowest BCUT2D eigenvalue weighted by Gasteiger charge is -1.46. The number of aromatic nitrogens is 4. The van der Waals surface area contributed by atoms with Crippen molar-refractivity contribution in [2.45, 2.75) is 0 Å². The first-order chi connectivity index (χ1) is 5.00. The van der Waals surface area contributed by atoms with Crippen molar-refractivity contribution in [2.24, 2.45) is 0 Å². The highest BCUT2D eigenvalue weighted by Crippen LogP contribution is 1.63. The van der Waals surface area contributed by atoms with Gasteiger partial charge in [-0.15, -0.1) is 29.4 Å². The predicted molar refractivity (Wildman–Crippen MR) is 54.7 cm³/mol. The van der Waals surface area contributed by atoms with Crippen molar-refractivity contribution < 1.29 is 0 Å². The van der Waals surface area contributed by atoms with Gasteiger partial charge in [-0.25, -0.2) is 9.97 Å². The lowest BCUT2D eigenvalue weighted by atomic mass is 11.0. The van der Waals surface area contributed by atoms with Gasteiger partial charge in [0, 0.05) is 24.8 Å². The Bertz CT molecular complexity index is 159. The first kappa shape index (κ1) is 13.8. The van der Waals surface area contributed by atoms with Gasteiger partial charge in [0.2, 0.25) is 0 Å². The molecule has 0 radical (unpaired) electrons. The summed E-state index contributed by atoms with van der Waals surface area (Å²) in [5, 5.41) is 0. The number of halogens is 2. The van der Waals surface area contributed by atoms with Crippen LogP contribution in [0.15, 0.2) is 37.4 Å². The summed E-state index contributed by atoms with van der Waals surface area (Å²) in [6.07, 6.45) is 10.2. The Labute approximate surface area is 87.0 Å². The van der Waals surface area contributed by atoms with Gasteiger partial charge >= 0.3 is 0 Å². The van der Waals surface area contributed by atoms with E-state index in [4.69, 9.17) is 0 Å². The van der Waals surface area contributed by atoms with Crippen molar-refractivity contribution in [2.75, 3.05) is 0 Å². The van der Waals surface area contributed by atoms with Crippen LogP contribution in [0.3, 0.4) is 0 Å². The average molecular weight is 254 g/mol. The van der Waals surface area contributed by atoms with E-state index in [9.17, 15) is 0 Å². The Balaban J connectivity index is 0. The van der Waals surface area contributed by atoms with Gasteiger partial charge in [-0.1, -0.05) is 0 Å². The maximum Gasteiger partial charge on any atom is 0.0919 e. The van der Waals surface area contributed by atoms with Crippen LogP contribution in [0.25, 0.3) is 0 Å². The molecule has 0 saturated heterocycles. The van der Waals surface area contributed by atoms with E-state index < -0.39 is 0 Å². The maximum absolute atomic E-state index is 3.67.